The summed E-state index contributed by atoms with van der Waals surface area (Å²) in [6, 6.07) is 16.4. The third kappa shape index (κ3) is 21.2. The predicted molar refractivity (Wildman–Crippen MR) is 212 cm³/mol. The molecule has 0 spiro atoms. The number of anilines is 2. The third-order valence-corrected chi connectivity index (χ3v) is 9.45. The van der Waals surface area contributed by atoms with Gasteiger partial charge < -0.3 is 20.4 Å². The van der Waals surface area contributed by atoms with Crippen molar-refractivity contribution in [2.24, 2.45) is 0 Å². The Hall–Kier alpha value is -2.70. The van der Waals surface area contributed by atoms with Gasteiger partial charge >= 0.3 is 0 Å². The van der Waals surface area contributed by atoms with Crippen LogP contribution in [0.2, 0.25) is 0 Å². The van der Waals surface area contributed by atoms with Gasteiger partial charge in [0.2, 0.25) is 11.8 Å². The molecule has 0 bridgehead atoms. The lowest BCUT2D eigenvalue weighted by Gasteiger charge is -2.22. The van der Waals surface area contributed by atoms with Gasteiger partial charge in [-0.05, 0) is 120 Å². The maximum absolute atomic E-state index is 12.7. The van der Waals surface area contributed by atoms with Crippen molar-refractivity contribution < 1.29 is 9.59 Å². The summed E-state index contributed by atoms with van der Waals surface area (Å²) in [6.07, 6.45) is 21.7. The number of nitrogens with zero attached hydrogens (tertiary/aromatic N) is 2. The number of hydrogen-bond acceptors (Lipinski definition) is 4. The van der Waals surface area contributed by atoms with E-state index in [2.05, 4.69) is 72.4 Å². The second-order valence-corrected chi connectivity index (χ2v) is 14.1. The van der Waals surface area contributed by atoms with Gasteiger partial charge in [0.25, 0.3) is 0 Å². The number of amides is 2. The van der Waals surface area contributed by atoms with Gasteiger partial charge in [-0.2, -0.15) is 0 Å². The van der Waals surface area contributed by atoms with E-state index >= 15 is 0 Å². The summed E-state index contributed by atoms with van der Waals surface area (Å²) < 4.78 is 0. The molecule has 49 heavy (non-hydrogen) atoms. The Bertz CT molecular complexity index is 1010. The van der Waals surface area contributed by atoms with Gasteiger partial charge in [-0.3, -0.25) is 9.59 Å². The molecule has 0 radical (unpaired) electrons. The van der Waals surface area contributed by atoms with E-state index < -0.39 is 0 Å². The lowest BCUT2D eigenvalue weighted by atomic mass is 10.0. The van der Waals surface area contributed by atoms with E-state index in [9.17, 15) is 9.59 Å². The number of rotatable bonds is 30. The molecule has 0 aromatic heterocycles. The maximum Gasteiger partial charge on any atom is 0.224 e. The minimum Gasteiger partial charge on any atom is -0.326 e. The van der Waals surface area contributed by atoms with Crippen molar-refractivity contribution in [3.05, 3.63) is 59.7 Å². The van der Waals surface area contributed by atoms with Crippen LogP contribution in [-0.2, 0) is 16.0 Å². The van der Waals surface area contributed by atoms with Crippen LogP contribution in [0.4, 0.5) is 11.4 Å². The topological polar surface area (TPSA) is 64.7 Å². The van der Waals surface area contributed by atoms with Crippen molar-refractivity contribution in [3.63, 3.8) is 0 Å². The van der Waals surface area contributed by atoms with E-state index in [-0.39, 0.29) is 11.8 Å². The van der Waals surface area contributed by atoms with E-state index in [0.29, 0.717) is 12.8 Å². The zero-order chi connectivity index (χ0) is 35.4. The van der Waals surface area contributed by atoms with Gasteiger partial charge in [-0.1, -0.05) is 116 Å². The molecule has 0 aliphatic carbocycles. The van der Waals surface area contributed by atoms with E-state index in [4.69, 9.17) is 0 Å². The number of benzene rings is 2. The van der Waals surface area contributed by atoms with E-state index in [1.807, 2.05) is 24.3 Å². The molecule has 6 heteroatoms. The van der Waals surface area contributed by atoms with Gasteiger partial charge in [0.15, 0.2) is 0 Å². The first kappa shape index (κ1) is 42.5. The molecule has 6 nitrogen and oxygen atoms in total. The molecular formula is C43H72N4O2. The van der Waals surface area contributed by atoms with Crippen LogP contribution in [0.15, 0.2) is 48.5 Å². The number of carbonyl (C=O) groups excluding carboxylic acids is 2. The van der Waals surface area contributed by atoms with Gasteiger partial charge in [0.1, 0.15) is 0 Å². The first-order valence-corrected chi connectivity index (χ1v) is 20.2. The van der Waals surface area contributed by atoms with Crippen molar-refractivity contribution in [3.8, 4) is 0 Å². The number of carbonyl (C=O) groups is 2. The number of nitrogens with one attached hydrogen (secondary N) is 2. The summed E-state index contributed by atoms with van der Waals surface area (Å²) in [5.41, 5.74) is 4.09. The van der Waals surface area contributed by atoms with Gasteiger partial charge in [0, 0.05) is 24.2 Å². The van der Waals surface area contributed by atoms with Crippen LogP contribution in [0.1, 0.15) is 154 Å². The van der Waals surface area contributed by atoms with Crippen molar-refractivity contribution in [1.29, 1.82) is 0 Å². The molecule has 2 aromatic rings. The highest BCUT2D eigenvalue weighted by molar-refractivity contribution is 5.91. The Labute approximate surface area is 301 Å². The molecule has 0 heterocycles. The molecule has 0 fully saturated rings. The quantitative estimate of drug-likeness (QED) is 0.0808. The summed E-state index contributed by atoms with van der Waals surface area (Å²) in [5, 5.41) is 6.17. The van der Waals surface area contributed by atoms with Crippen LogP contribution in [-0.4, -0.2) is 60.9 Å². The van der Waals surface area contributed by atoms with Gasteiger partial charge in [-0.25, -0.2) is 0 Å². The van der Waals surface area contributed by atoms with Crippen molar-refractivity contribution in [1.82, 2.24) is 9.80 Å². The van der Waals surface area contributed by atoms with Crippen molar-refractivity contribution >= 4 is 23.2 Å². The maximum atomic E-state index is 12.7. The van der Waals surface area contributed by atoms with Crippen molar-refractivity contribution in [2.75, 3.05) is 49.9 Å². The molecular weight excluding hydrogens is 604 g/mol. The zero-order valence-electron chi connectivity index (χ0n) is 32.0. The standard InChI is InChI=1S/C43H72N4O2/c1-5-9-13-15-17-33-46(31-11-7-3)35-19-21-42(48)44-40-27-23-38(24-28-40)37-39-25-29-41(30-26-39)45-43(49)22-20-36-47(32-12-8-4)34-18-16-14-10-6-2/h23-30H,5-22,31-37H2,1-4H3,(H,44,48)(H,45,49). The second kappa shape index (κ2) is 28.0. The highest BCUT2D eigenvalue weighted by Gasteiger charge is 2.10. The molecule has 0 aliphatic heterocycles. The highest BCUT2D eigenvalue weighted by Crippen LogP contribution is 2.17. The third-order valence-electron chi connectivity index (χ3n) is 9.45. The normalized spacial score (nSPS) is 11.4. The molecule has 2 rings (SSSR count). The monoisotopic (exact) mass is 677 g/mol. The first-order valence-electron chi connectivity index (χ1n) is 20.2. The van der Waals surface area contributed by atoms with Crippen LogP contribution < -0.4 is 10.6 Å². The van der Waals surface area contributed by atoms with Crippen molar-refractivity contribution in [2.45, 2.75) is 150 Å². The summed E-state index contributed by atoms with van der Waals surface area (Å²) >= 11 is 0. The fourth-order valence-electron chi connectivity index (χ4n) is 6.33. The molecule has 2 amide bonds. The lowest BCUT2D eigenvalue weighted by Crippen LogP contribution is -2.28. The fourth-order valence-corrected chi connectivity index (χ4v) is 6.33. The molecule has 2 N–H and O–H groups in total. The molecule has 0 unspecified atom stereocenters. The van der Waals surface area contributed by atoms with E-state index in [1.165, 1.54) is 101 Å². The summed E-state index contributed by atoms with van der Waals surface area (Å²) in [4.78, 5) is 30.4. The SMILES string of the molecule is CCCCCCCN(CCCC)CCCC(=O)Nc1ccc(Cc2ccc(NC(=O)CCCN(CCCC)CCCCCCC)cc2)cc1. The fraction of sp³-hybridized carbons (Fsp3) is 0.674. The summed E-state index contributed by atoms with van der Waals surface area (Å²) in [6.45, 7) is 15.6. The van der Waals surface area contributed by atoms with Crippen LogP contribution in [0.5, 0.6) is 0 Å². The summed E-state index contributed by atoms with van der Waals surface area (Å²) in [5.74, 6) is 0.186. The Balaban J connectivity index is 1.70. The molecule has 0 atom stereocenters. The Kier molecular flexibility index (Phi) is 24.3. The molecule has 276 valence electrons. The van der Waals surface area contributed by atoms with Crippen LogP contribution in [0.3, 0.4) is 0 Å². The summed E-state index contributed by atoms with van der Waals surface area (Å²) in [7, 11) is 0. The molecule has 0 aliphatic rings. The van der Waals surface area contributed by atoms with E-state index in [0.717, 1.165) is 69.9 Å². The minimum atomic E-state index is 0.0930. The predicted octanol–water partition coefficient (Wildman–Crippen LogP) is 10.9. The molecule has 0 saturated heterocycles. The first-order chi connectivity index (χ1) is 24.0. The lowest BCUT2D eigenvalue weighted by molar-refractivity contribution is -0.117. The van der Waals surface area contributed by atoms with Crippen LogP contribution in [0, 0.1) is 0 Å². The average molecular weight is 677 g/mol. The van der Waals surface area contributed by atoms with Gasteiger partial charge in [-0.15, -0.1) is 0 Å². The van der Waals surface area contributed by atoms with Gasteiger partial charge in [0.05, 0.1) is 0 Å². The molecule has 2 aromatic carbocycles. The Morgan fingerprint density at radius 1 is 0.429 bits per heavy atom. The van der Waals surface area contributed by atoms with Crippen LogP contribution >= 0.6 is 0 Å². The smallest absolute Gasteiger partial charge is 0.224 e. The van der Waals surface area contributed by atoms with E-state index in [1.54, 1.807) is 0 Å². The zero-order valence-corrected chi connectivity index (χ0v) is 32.0. The minimum absolute atomic E-state index is 0.0930. The second-order valence-electron chi connectivity index (χ2n) is 14.1. The highest BCUT2D eigenvalue weighted by atomic mass is 16.2. The Morgan fingerprint density at radius 2 is 0.755 bits per heavy atom. The number of hydrogen-bond donors (Lipinski definition) is 2. The Morgan fingerprint density at radius 3 is 1.12 bits per heavy atom. The average Bonchev–Trinajstić information content (AvgIpc) is 3.10. The van der Waals surface area contributed by atoms with Crippen LogP contribution in [0.25, 0.3) is 0 Å². The molecule has 0 saturated carbocycles. The number of unbranched alkanes of at least 4 members (excludes halogenated alkanes) is 10. The largest absolute Gasteiger partial charge is 0.326 e.